The zero-order chi connectivity index (χ0) is 27.8. The number of ketones is 1. The number of carbonyl (C=O) groups excluding carboxylic acids is 3. The van der Waals surface area contributed by atoms with Crippen molar-refractivity contribution in [2.45, 2.75) is 52.1 Å². The third-order valence-electron chi connectivity index (χ3n) is 7.60. The molecule has 1 unspecified atom stereocenters. The van der Waals surface area contributed by atoms with Crippen LogP contribution >= 0.6 is 17.0 Å². The molecular formula is C29H37BrN4O5. The first kappa shape index (κ1) is 30.1. The Bertz CT molecular complexity index is 1310. The van der Waals surface area contributed by atoms with Gasteiger partial charge in [-0.1, -0.05) is 13.8 Å². The quantitative estimate of drug-likeness (QED) is 0.329. The number of nitrogens with one attached hydrogen (secondary N) is 2. The maximum atomic E-state index is 13.4. The number of likely N-dealkylation sites (N-methyl/N-ethyl adjacent to an activating group) is 1. The van der Waals surface area contributed by atoms with Gasteiger partial charge in [0.2, 0.25) is 0 Å². The first-order valence-corrected chi connectivity index (χ1v) is 12.9. The summed E-state index contributed by atoms with van der Waals surface area (Å²) >= 11 is 0. The lowest BCUT2D eigenvalue weighted by Gasteiger charge is -2.31. The van der Waals surface area contributed by atoms with Gasteiger partial charge in [-0.3, -0.25) is 19.8 Å². The average molecular weight is 602 g/mol. The molecule has 2 aromatic carbocycles. The highest BCUT2D eigenvalue weighted by Crippen LogP contribution is 2.46. The number of carbonyl (C=O) groups is 3. The second-order valence-electron chi connectivity index (χ2n) is 10.2. The molecule has 1 atom stereocenters. The SMILES string of the molecule is Br.CCOC(=O)CC1N(C)c2ccc(C(=O)CN3Cc4cc(OCC)c(C(=O)NC)cc4C3=N)cc2C1(C)C. The van der Waals surface area contributed by atoms with Crippen molar-refractivity contribution in [2.24, 2.45) is 0 Å². The fourth-order valence-electron chi connectivity index (χ4n) is 5.55. The molecule has 0 fully saturated rings. The minimum absolute atomic E-state index is 0. The Morgan fingerprint density at radius 3 is 2.49 bits per heavy atom. The van der Waals surface area contributed by atoms with Crippen LogP contribution in [0, 0.1) is 5.41 Å². The Hall–Kier alpha value is -3.40. The van der Waals surface area contributed by atoms with Crippen LogP contribution in [0.1, 0.15) is 71.5 Å². The van der Waals surface area contributed by atoms with Crippen LogP contribution < -0.4 is 15.0 Å². The molecule has 0 radical (unpaired) electrons. The second-order valence-corrected chi connectivity index (χ2v) is 10.2. The molecule has 0 aromatic heterocycles. The van der Waals surface area contributed by atoms with Crippen LogP contribution in [0.25, 0.3) is 0 Å². The van der Waals surface area contributed by atoms with Gasteiger partial charge in [0.05, 0.1) is 31.7 Å². The molecule has 0 spiro atoms. The van der Waals surface area contributed by atoms with Crippen molar-refractivity contribution in [3.05, 3.63) is 58.1 Å². The smallest absolute Gasteiger partial charge is 0.307 e. The minimum Gasteiger partial charge on any atom is -0.493 e. The number of Topliss-reactive ketones (excluding diaryl/α,β-unsaturated/α-hetero) is 1. The van der Waals surface area contributed by atoms with Crippen LogP contribution in [-0.4, -0.2) is 68.3 Å². The van der Waals surface area contributed by atoms with E-state index in [4.69, 9.17) is 14.9 Å². The molecule has 4 rings (SSSR count). The van der Waals surface area contributed by atoms with Gasteiger partial charge in [-0.05, 0) is 55.3 Å². The summed E-state index contributed by atoms with van der Waals surface area (Å²) in [5.74, 6) is 0.0479. The number of anilines is 1. The number of rotatable bonds is 9. The van der Waals surface area contributed by atoms with Gasteiger partial charge in [-0.2, -0.15) is 0 Å². The van der Waals surface area contributed by atoms with Crippen LogP contribution in [-0.2, 0) is 21.5 Å². The number of ether oxygens (including phenoxy) is 2. The molecule has 39 heavy (non-hydrogen) atoms. The summed E-state index contributed by atoms with van der Waals surface area (Å²) < 4.78 is 10.9. The number of nitrogens with zero attached hydrogens (tertiary/aromatic N) is 2. The molecule has 9 nitrogen and oxygen atoms in total. The van der Waals surface area contributed by atoms with Crippen molar-refractivity contribution in [1.82, 2.24) is 10.2 Å². The van der Waals surface area contributed by atoms with Gasteiger partial charge in [0.15, 0.2) is 5.78 Å². The fourth-order valence-corrected chi connectivity index (χ4v) is 5.55. The van der Waals surface area contributed by atoms with Crippen molar-refractivity contribution in [3.8, 4) is 5.75 Å². The summed E-state index contributed by atoms with van der Waals surface area (Å²) in [7, 11) is 3.52. The number of hydrogen-bond donors (Lipinski definition) is 2. The molecule has 10 heteroatoms. The lowest BCUT2D eigenvalue weighted by Crippen LogP contribution is -2.41. The van der Waals surface area contributed by atoms with Gasteiger partial charge in [0, 0.05) is 48.9 Å². The van der Waals surface area contributed by atoms with Gasteiger partial charge in [-0.25, -0.2) is 0 Å². The fraction of sp³-hybridized carbons (Fsp3) is 0.448. The largest absolute Gasteiger partial charge is 0.493 e. The van der Waals surface area contributed by atoms with Crippen LogP contribution in [0.3, 0.4) is 0 Å². The Morgan fingerprint density at radius 2 is 1.85 bits per heavy atom. The molecule has 0 saturated heterocycles. The van der Waals surface area contributed by atoms with Crippen LogP contribution in [0.2, 0.25) is 0 Å². The number of hydrogen-bond acceptors (Lipinski definition) is 7. The van der Waals surface area contributed by atoms with Gasteiger partial charge in [0.25, 0.3) is 5.91 Å². The van der Waals surface area contributed by atoms with E-state index in [0.29, 0.717) is 42.2 Å². The monoisotopic (exact) mass is 600 g/mol. The zero-order valence-electron chi connectivity index (χ0n) is 23.3. The second kappa shape index (κ2) is 11.8. The molecule has 0 bridgehead atoms. The van der Waals surface area contributed by atoms with Gasteiger partial charge in [0.1, 0.15) is 11.6 Å². The Balaban J connectivity index is 0.00000420. The highest BCUT2D eigenvalue weighted by molar-refractivity contribution is 8.93. The molecular weight excluding hydrogens is 564 g/mol. The number of halogens is 1. The zero-order valence-corrected chi connectivity index (χ0v) is 25.1. The normalized spacial score (nSPS) is 16.8. The third-order valence-corrected chi connectivity index (χ3v) is 7.60. The highest BCUT2D eigenvalue weighted by Gasteiger charge is 2.44. The van der Waals surface area contributed by atoms with Crippen molar-refractivity contribution in [3.63, 3.8) is 0 Å². The van der Waals surface area contributed by atoms with E-state index in [1.807, 2.05) is 32.2 Å². The molecule has 0 aliphatic carbocycles. The lowest BCUT2D eigenvalue weighted by molar-refractivity contribution is -0.143. The molecule has 210 valence electrons. The van der Waals surface area contributed by atoms with E-state index in [1.54, 1.807) is 31.0 Å². The Kier molecular flexibility index (Phi) is 9.10. The molecule has 2 N–H and O–H groups in total. The lowest BCUT2D eigenvalue weighted by atomic mass is 9.78. The number of benzene rings is 2. The first-order chi connectivity index (χ1) is 18.0. The number of esters is 1. The Labute approximate surface area is 240 Å². The highest BCUT2D eigenvalue weighted by atomic mass is 79.9. The van der Waals surface area contributed by atoms with Crippen molar-refractivity contribution in [1.29, 1.82) is 5.41 Å². The summed E-state index contributed by atoms with van der Waals surface area (Å²) in [6.45, 7) is 8.99. The van der Waals surface area contributed by atoms with Crippen LogP contribution in [0.5, 0.6) is 5.75 Å². The van der Waals surface area contributed by atoms with Crippen LogP contribution in [0.15, 0.2) is 30.3 Å². The summed E-state index contributed by atoms with van der Waals surface area (Å²) in [4.78, 5) is 41.8. The van der Waals surface area contributed by atoms with E-state index in [9.17, 15) is 14.4 Å². The minimum atomic E-state index is -0.365. The van der Waals surface area contributed by atoms with Gasteiger partial charge < -0.3 is 24.6 Å². The summed E-state index contributed by atoms with van der Waals surface area (Å²) in [5, 5.41) is 11.3. The number of fused-ring (bicyclic) bond motifs is 2. The van der Waals surface area contributed by atoms with E-state index in [0.717, 1.165) is 16.8 Å². The van der Waals surface area contributed by atoms with Crippen molar-refractivity contribution < 1.29 is 23.9 Å². The van der Waals surface area contributed by atoms with Gasteiger partial charge >= 0.3 is 5.97 Å². The molecule has 2 aliphatic rings. The number of amides is 1. The summed E-state index contributed by atoms with van der Waals surface area (Å²) in [6.07, 6.45) is 0.264. The molecule has 2 aromatic rings. The first-order valence-electron chi connectivity index (χ1n) is 12.9. The van der Waals surface area contributed by atoms with Crippen molar-refractivity contribution in [2.75, 3.05) is 38.8 Å². The molecule has 2 heterocycles. The van der Waals surface area contributed by atoms with E-state index >= 15 is 0 Å². The maximum absolute atomic E-state index is 13.4. The van der Waals surface area contributed by atoms with E-state index < -0.39 is 0 Å². The van der Waals surface area contributed by atoms with E-state index in [1.165, 1.54) is 0 Å². The van der Waals surface area contributed by atoms with Crippen LogP contribution in [0.4, 0.5) is 5.69 Å². The van der Waals surface area contributed by atoms with E-state index in [2.05, 4.69) is 24.1 Å². The van der Waals surface area contributed by atoms with E-state index in [-0.39, 0.29) is 64.9 Å². The molecule has 0 saturated carbocycles. The predicted molar refractivity (Wildman–Crippen MR) is 156 cm³/mol. The summed E-state index contributed by atoms with van der Waals surface area (Å²) in [5.41, 5.74) is 4.04. The van der Waals surface area contributed by atoms with Crippen molar-refractivity contribution >= 4 is 46.2 Å². The number of amidine groups is 1. The Morgan fingerprint density at radius 1 is 1.13 bits per heavy atom. The standard InChI is InChI=1S/C29H36N4O5.BrH/c1-7-37-24-12-18-15-33(27(30)19(18)13-20(24)28(36)31-5)16-23(34)17-9-10-22-21(11-17)29(3,4)25(32(22)6)14-26(35)38-8-2;/h9-13,25,30H,7-8,14-16H2,1-6H3,(H,31,36);1H. The topological polar surface area (TPSA) is 112 Å². The summed E-state index contributed by atoms with van der Waals surface area (Å²) in [6, 6.07) is 9.04. The predicted octanol–water partition coefficient (Wildman–Crippen LogP) is 4.10. The average Bonchev–Trinajstić information content (AvgIpc) is 3.28. The molecule has 1 amide bonds. The van der Waals surface area contributed by atoms with Gasteiger partial charge in [-0.15, -0.1) is 17.0 Å². The maximum Gasteiger partial charge on any atom is 0.307 e. The molecule has 2 aliphatic heterocycles. The third kappa shape index (κ3) is 5.52.